The van der Waals surface area contributed by atoms with Gasteiger partial charge in [-0.3, -0.25) is 0 Å². The van der Waals surface area contributed by atoms with Crippen molar-refractivity contribution in [3.8, 4) is 0 Å². The zero-order valence-corrected chi connectivity index (χ0v) is 13.7. The third-order valence-corrected chi connectivity index (χ3v) is 6.77. The summed E-state index contributed by atoms with van der Waals surface area (Å²) in [7, 11) is 0. The Morgan fingerprint density at radius 1 is 1.20 bits per heavy atom. The number of pyridine rings is 1. The fraction of sp³-hybridized carbons (Fsp3) is 0.706. The molecular formula is C17H23BrN2. The minimum Gasteiger partial charge on any atom is -0.380 e. The first kappa shape index (κ1) is 13.1. The quantitative estimate of drug-likeness (QED) is 0.798. The van der Waals surface area contributed by atoms with Gasteiger partial charge in [0.25, 0.3) is 0 Å². The summed E-state index contributed by atoms with van der Waals surface area (Å²) in [5, 5.41) is 3.76. The van der Waals surface area contributed by atoms with E-state index < -0.39 is 0 Å². The minimum atomic E-state index is 0.546. The zero-order valence-electron chi connectivity index (χ0n) is 12.1. The van der Waals surface area contributed by atoms with E-state index in [1.54, 1.807) is 0 Å². The van der Waals surface area contributed by atoms with Gasteiger partial charge < -0.3 is 5.32 Å². The number of nitrogens with zero attached hydrogens (tertiary/aromatic N) is 1. The van der Waals surface area contributed by atoms with Crippen molar-refractivity contribution in [3.63, 3.8) is 0 Å². The van der Waals surface area contributed by atoms with E-state index in [1.807, 2.05) is 12.3 Å². The van der Waals surface area contributed by atoms with Crippen LogP contribution in [0.3, 0.4) is 0 Å². The molecule has 1 aromatic heterocycles. The second-order valence-corrected chi connectivity index (χ2v) is 8.24. The Bertz CT molecular complexity index is 478. The van der Waals surface area contributed by atoms with Crippen molar-refractivity contribution in [1.82, 2.24) is 4.98 Å². The molecule has 3 heteroatoms. The lowest BCUT2D eigenvalue weighted by Crippen LogP contribution is -2.52. The normalized spacial score (nSPS) is 39.8. The molecule has 5 rings (SSSR count). The molecule has 4 saturated carbocycles. The predicted octanol–water partition coefficient (Wildman–Crippen LogP) is 4.86. The Kier molecular flexibility index (Phi) is 3.10. The first-order valence-corrected chi connectivity index (χ1v) is 8.81. The van der Waals surface area contributed by atoms with Crippen molar-refractivity contribution in [2.45, 2.75) is 51.5 Å². The number of nitrogens with one attached hydrogen (secondary N) is 1. The van der Waals surface area contributed by atoms with Gasteiger partial charge in [0.05, 0.1) is 5.69 Å². The van der Waals surface area contributed by atoms with Crippen molar-refractivity contribution in [3.05, 3.63) is 22.9 Å². The van der Waals surface area contributed by atoms with E-state index in [2.05, 4.69) is 39.2 Å². The van der Waals surface area contributed by atoms with E-state index >= 15 is 0 Å². The van der Waals surface area contributed by atoms with Crippen molar-refractivity contribution in [2.24, 2.45) is 23.2 Å². The van der Waals surface area contributed by atoms with Gasteiger partial charge in [-0.15, -0.1) is 0 Å². The second kappa shape index (κ2) is 4.72. The van der Waals surface area contributed by atoms with E-state index in [-0.39, 0.29) is 0 Å². The summed E-state index contributed by atoms with van der Waals surface area (Å²) in [5.74, 6) is 3.05. The molecule has 0 radical (unpaired) electrons. The molecule has 20 heavy (non-hydrogen) atoms. The molecule has 1 unspecified atom stereocenters. The molecule has 1 atom stereocenters. The van der Waals surface area contributed by atoms with Crippen molar-refractivity contribution < 1.29 is 0 Å². The molecule has 4 fully saturated rings. The molecule has 4 aliphatic carbocycles. The van der Waals surface area contributed by atoms with E-state index in [1.165, 1.54) is 38.5 Å². The van der Waals surface area contributed by atoms with Crippen LogP contribution in [0.25, 0.3) is 0 Å². The topological polar surface area (TPSA) is 24.9 Å². The van der Waals surface area contributed by atoms with Gasteiger partial charge in [0.1, 0.15) is 4.60 Å². The summed E-state index contributed by atoms with van der Waals surface area (Å²) in [5.41, 5.74) is 1.69. The average molecular weight is 335 g/mol. The number of anilines is 1. The maximum Gasteiger partial charge on any atom is 0.129 e. The minimum absolute atomic E-state index is 0.546. The van der Waals surface area contributed by atoms with Gasteiger partial charge in [0.15, 0.2) is 0 Å². The standard InChI is InChI=1S/C17H23BrN2/c1-11(20-15-3-2-4-19-16(15)18)17-8-12-5-13(9-17)7-14(6-12)10-17/h2-4,11-14,20H,5-10H2,1H3. The van der Waals surface area contributed by atoms with Crippen LogP contribution >= 0.6 is 15.9 Å². The third kappa shape index (κ3) is 2.09. The zero-order chi connectivity index (χ0) is 13.7. The molecule has 108 valence electrons. The SMILES string of the molecule is CC(Nc1cccnc1Br)C12CC3CC(CC(C3)C1)C2. The molecule has 1 aromatic rings. The lowest BCUT2D eigenvalue weighted by Gasteiger charge is -2.59. The van der Waals surface area contributed by atoms with E-state index in [4.69, 9.17) is 0 Å². The predicted molar refractivity (Wildman–Crippen MR) is 85.6 cm³/mol. The fourth-order valence-corrected chi connectivity index (χ4v) is 5.95. The largest absolute Gasteiger partial charge is 0.380 e. The highest BCUT2D eigenvalue weighted by atomic mass is 79.9. The van der Waals surface area contributed by atoms with Gasteiger partial charge in [-0.05, 0) is 96.7 Å². The lowest BCUT2D eigenvalue weighted by atomic mass is 9.48. The molecule has 0 spiro atoms. The smallest absolute Gasteiger partial charge is 0.129 e. The third-order valence-electron chi connectivity index (χ3n) is 6.14. The van der Waals surface area contributed by atoms with E-state index in [9.17, 15) is 0 Å². The van der Waals surface area contributed by atoms with Crippen LogP contribution < -0.4 is 5.32 Å². The van der Waals surface area contributed by atoms with Gasteiger partial charge >= 0.3 is 0 Å². The number of aromatic nitrogens is 1. The van der Waals surface area contributed by atoms with Gasteiger partial charge in [-0.2, -0.15) is 0 Å². The highest BCUT2D eigenvalue weighted by Crippen LogP contribution is 2.61. The molecule has 0 amide bonds. The molecule has 1 N–H and O–H groups in total. The number of hydrogen-bond acceptors (Lipinski definition) is 2. The van der Waals surface area contributed by atoms with E-state index in [0.29, 0.717) is 11.5 Å². The van der Waals surface area contributed by atoms with Crippen molar-refractivity contribution in [1.29, 1.82) is 0 Å². The van der Waals surface area contributed by atoms with Crippen LogP contribution in [0.2, 0.25) is 0 Å². The molecule has 2 nitrogen and oxygen atoms in total. The lowest BCUT2D eigenvalue weighted by molar-refractivity contribution is -0.0602. The van der Waals surface area contributed by atoms with Crippen LogP contribution in [-0.4, -0.2) is 11.0 Å². The van der Waals surface area contributed by atoms with Crippen LogP contribution in [0.15, 0.2) is 22.9 Å². The summed E-state index contributed by atoms with van der Waals surface area (Å²) < 4.78 is 0.941. The molecule has 0 aliphatic heterocycles. The maximum atomic E-state index is 4.33. The summed E-state index contributed by atoms with van der Waals surface area (Å²) in [6.45, 7) is 2.40. The Balaban J connectivity index is 1.56. The molecule has 0 saturated heterocycles. The van der Waals surface area contributed by atoms with Crippen LogP contribution in [0.5, 0.6) is 0 Å². The first-order valence-electron chi connectivity index (χ1n) is 8.02. The molecule has 1 heterocycles. The monoisotopic (exact) mass is 334 g/mol. The highest BCUT2D eigenvalue weighted by Gasteiger charge is 2.53. The number of hydrogen-bond donors (Lipinski definition) is 1. The summed E-state index contributed by atoms with van der Waals surface area (Å²) in [6.07, 6.45) is 10.7. The van der Waals surface area contributed by atoms with Crippen LogP contribution in [0.1, 0.15) is 45.4 Å². The van der Waals surface area contributed by atoms with E-state index in [0.717, 1.165) is 28.0 Å². The average Bonchev–Trinajstić information content (AvgIpc) is 2.40. The summed E-state index contributed by atoms with van der Waals surface area (Å²) >= 11 is 3.56. The fourth-order valence-electron chi connectivity index (χ4n) is 5.59. The van der Waals surface area contributed by atoms with Gasteiger partial charge in [-0.25, -0.2) is 4.98 Å². The Labute approximate surface area is 129 Å². The van der Waals surface area contributed by atoms with Gasteiger partial charge in [0, 0.05) is 12.2 Å². The Hall–Kier alpha value is -0.570. The maximum absolute atomic E-state index is 4.33. The Morgan fingerprint density at radius 2 is 1.80 bits per heavy atom. The molecule has 0 aromatic carbocycles. The number of halogens is 1. The first-order chi connectivity index (χ1) is 9.64. The van der Waals surface area contributed by atoms with Gasteiger partial charge in [0.2, 0.25) is 0 Å². The van der Waals surface area contributed by atoms with Crippen LogP contribution in [0.4, 0.5) is 5.69 Å². The highest BCUT2D eigenvalue weighted by molar-refractivity contribution is 9.10. The van der Waals surface area contributed by atoms with Crippen molar-refractivity contribution in [2.75, 3.05) is 5.32 Å². The molecule has 4 aliphatic rings. The van der Waals surface area contributed by atoms with Crippen LogP contribution in [-0.2, 0) is 0 Å². The number of rotatable bonds is 3. The Morgan fingerprint density at radius 3 is 2.35 bits per heavy atom. The molecular weight excluding hydrogens is 312 g/mol. The van der Waals surface area contributed by atoms with Crippen LogP contribution in [0, 0.1) is 23.2 Å². The van der Waals surface area contributed by atoms with Crippen molar-refractivity contribution >= 4 is 21.6 Å². The summed E-state index contributed by atoms with van der Waals surface area (Å²) in [6, 6.07) is 4.70. The second-order valence-electron chi connectivity index (χ2n) is 7.49. The molecule has 4 bridgehead atoms. The summed E-state index contributed by atoms with van der Waals surface area (Å²) in [4.78, 5) is 4.33. The van der Waals surface area contributed by atoms with Gasteiger partial charge in [-0.1, -0.05) is 0 Å².